The summed E-state index contributed by atoms with van der Waals surface area (Å²) in [5.41, 5.74) is 2.34. The third-order valence-corrected chi connectivity index (χ3v) is 6.46. The second-order valence-electron chi connectivity index (χ2n) is 7.55. The van der Waals surface area contributed by atoms with Gasteiger partial charge in [-0.3, -0.25) is 9.59 Å². The number of amides is 2. The molecule has 0 aliphatic heterocycles. The van der Waals surface area contributed by atoms with E-state index in [1.807, 2.05) is 54.6 Å². The van der Waals surface area contributed by atoms with Crippen molar-refractivity contribution in [3.63, 3.8) is 0 Å². The third-order valence-electron chi connectivity index (χ3n) is 5.22. The van der Waals surface area contributed by atoms with E-state index in [0.29, 0.717) is 22.8 Å². The van der Waals surface area contributed by atoms with Gasteiger partial charge < -0.3 is 10.2 Å². The minimum Gasteiger partial charge on any atom is -0.357 e. The Morgan fingerprint density at radius 1 is 0.970 bits per heavy atom. The van der Waals surface area contributed by atoms with Gasteiger partial charge >= 0.3 is 0 Å². The van der Waals surface area contributed by atoms with Crippen molar-refractivity contribution < 1.29 is 14.0 Å². The van der Waals surface area contributed by atoms with Crippen LogP contribution in [0, 0.1) is 5.82 Å². The normalized spacial score (nSPS) is 11.6. The summed E-state index contributed by atoms with van der Waals surface area (Å²) in [5, 5.41) is 3.32. The number of carbonyl (C=O) groups is 2. The highest BCUT2D eigenvalue weighted by Gasteiger charge is 2.30. The van der Waals surface area contributed by atoms with Crippen molar-refractivity contribution >= 4 is 35.2 Å². The first-order chi connectivity index (χ1) is 16.0. The molecule has 3 aromatic rings. The van der Waals surface area contributed by atoms with Gasteiger partial charge in [0.1, 0.15) is 11.9 Å². The molecule has 1 unspecified atom stereocenters. The fourth-order valence-corrected chi connectivity index (χ4v) is 4.45. The largest absolute Gasteiger partial charge is 0.357 e. The SMILES string of the molecule is CNC(=O)C(Cc1ccccc1)N(Cc1ccccc1F)C(=O)CSCc1ccc(Cl)cc1. The zero-order chi connectivity index (χ0) is 23.6. The van der Waals surface area contributed by atoms with Gasteiger partial charge in [-0.05, 0) is 29.3 Å². The molecular formula is C26H26ClFN2O2S. The number of nitrogens with zero attached hydrogens (tertiary/aromatic N) is 1. The lowest BCUT2D eigenvalue weighted by atomic mass is 10.0. The second kappa shape index (κ2) is 12.4. The number of halogens is 2. The lowest BCUT2D eigenvalue weighted by Gasteiger charge is -2.31. The van der Waals surface area contributed by atoms with E-state index in [1.165, 1.54) is 22.7 Å². The van der Waals surface area contributed by atoms with Crippen LogP contribution in [-0.4, -0.2) is 35.6 Å². The molecule has 0 fully saturated rings. The predicted molar refractivity (Wildman–Crippen MR) is 133 cm³/mol. The summed E-state index contributed by atoms with van der Waals surface area (Å²) >= 11 is 7.38. The average molecular weight is 485 g/mol. The summed E-state index contributed by atoms with van der Waals surface area (Å²) < 4.78 is 14.4. The molecule has 0 bridgehead atoms. The van der Waals surface area contributed by atoms with Gasteiger partial charge in [0.25, 0.3) is 0 Å². The van der Waals surface area contributed by atoms with Crippen LogP contribution in [0.25, 0.3) is 0 Å². The molecule has 0 aromatic heterocycles. The van der Waals surface area contributed by atoms with Crippen LogP contribution in [0.1, 0.15) is 16.7 Å². The smallest absolute Gasteiger partial charge is 0.242 e. The number of likely N-dealkylation sites (N-methyl/N-ethyl adjacent to an activating group) is 1. The van der Waals surface area contributed by atoms with Crippen molar-refractivity contribution in [2.75, 3.05) is 12.8 Å². The summed E-state index contributed by atoms with van der Waals surface area (Å²) in [5.74, 6) is -0.119. The van der Waals surface area contributed by atoms with E-state index >= 15 is 0 Å². The van der Waals surface area contributed by atoms with Gasteiger partial charge in [-0.15, -0.1) is 11.8 Å². The van der Waals surface area contributed by atoms with Gasteiger partial charge in [0.05, 0.1) is 5.75 Å². The molecule has 3 rings (SSSR count). The first kappa shape index (κ1) is 24.8. The summed E-state index contributed by atoms with van der Waals surface area (Å²) in [7, 11) is 1.54. The minimum atomic E-state index is -0.763. The fraction of sp³-hybridized carbons (Fsp3) is 0.231. The van der Waals surface area contributed by atoms with Crippen LogP contribution < -0.4 is 5.32 Å². The van der Waals surface area contributed by atoms with Crippen LogP contribution in [0.5, 0.6) is 0 Å². The second-order valence-corrected chi connectivity index (χ2v) is 8.97. The Labute approximate surface area is 203 Å². The zero-order valence-corrected chi connectivity index (χ0v) is 19.9. The van der Waals surface area contributed by atoms with Crippen molar-refractivity contribution in [3.8, 4) is 0 Å². The van der Waals surface area contributed by atoms with E-state index in [0.717, 1.165) is 11.1 Å². The Bertz CT molecular complexity index is 1060. The van der Waals surface area contributed by atoms with Crippen molar-refractivity contribution in [1.82, 2.24) is 10.2 Å². The maximum atomic E-state index is 14.4. The van der Waals surface area contributed by atoms with E-state index in [4.69, 9.17) is 11.6 Å². The number of nitrogens with one attached hydrogen (secondary N) is 1. The molecule has 3 aromatic carbocycles. The van der Waals surface area contributed by atoms with Gasteiger partial charge in [0.15, 0.2) is 0 Å². The Morgan fingerprint density at radius 2 is 1.64 bits per heavy atom. The molecule has 0 aliphatic carbocycles. The van der Waals surface area contributed by atoms with E-state index in [-0.39, 0.29) is 24.1 Å². The maximum absolute atomic E-state index is 14.4. The first-order valence-corrected chi connectivity index (χ1v) is 12.1. The topological polar surface area (TPSA) is 49.4 Å². The Hall–Kier alpha value is -2.83. The predicted octanol–water partition coefficient (Wildman–Crippen LogP) is 5.10. The summed E-state index contributed by atoms with van der Waals surface area (Å²) in [6.07, 6.45) is 0.336. The highest BCUT2D eigenvalue weighted by molar-refractivity contribution is 7.99. The van der Waals surface area contributed by atoms with Gasteiger partial charge in [-0.2, -0.15) is 0 Å². The molecule has 4 nitrogen and oxygen atoms in total. The zero-order valence-electron chi connectivity index (χ0n) is 18.3. The standard InChI is InChI=1S/C26H26ClFN2O2S/c1-29-26(32)24(15-19-7-3-2-4-8-19)30(16-21-9-5-6-10-23(21)28)25(31)18-33-17-20-11-13-22(27)14-12-20/h2-14,24H,15-18H2,1H3,(H,29,32). The fourth-order valence-electron chi connectivity index (χ4n) is 3.45. The van der Waals surface area contributed by atoms with E-state index < -0.39 is 11.9 Å². The van der Waals surface area contributed by atoms with Gasteiger partial charge in [-0.1, -0.05) is 72.3 Å². The highest BCUT2D eigenvalue weighted by Crippen LogP contribution is 2.20. The molecule has 0 heterocycles. The van der Waals surface area contributed by atoms with Crippen molar-refractivity contribution in [3.05, 3.63) is 106 Å². The molecule has 172 valence electrons. The van der Waals surface area contributed by atoms with Gasteiger partial charge in [0.2, 0.25) is 11.8 Å². The molecule has 2 amide bonds. The number of rotatable bonds is 10. The lowest BCUT2D eigenvalue weighted by Crippen LogP contribution is -2.50. The molecule has 0 saturated carbocycles. The summed E-state index contributed by atoms with van der Waals surface area (Å²) in [6.45, 7) is 0.0118. The number of thioether (sulfide) groups is 1. The molecule has 0 saturated heterocycles. The molecular weight excluding hydrogens is 459 g/mol. The van der Waals surface area contributed by atoms with Crippen LogP contribution in [-0.2, 0) is 28.3 Å². The summed E-state index contributed by atoms with van der Waals surface area (Å²) in [4.78, 5) is 27.7. The van der Waals surface area contributed by atoms with Crippen LogP contribution in [0.2, 0.25) is 5.02 Å². The molecule has 0 radical (unpaired) electrons. The number of carbonyl (C=O) groups excluding carboxylic acids is 2. The maximum Gasteiger partial charge on any atom is 0.242 e. The highest BCUT2D eigenvalue weighted by atomic mass is 35.5. The quantitative estimate of drug-likeness (QED) is 0.435. The number of benzene rings is 3. The van der Waals surface area contributed by atoms with Gasteiger partial charge in [0, 0.05) is 36.4 Å². The third kappa shape index (κ3) is 7.34. The molecule has 0 aliphatic rings. The summed E-state index contributed by atoms with van der Waals surface area (Å²) in [6, 6.07) is 22.5. The van der Waals surface area contributed by atoms with E-state index in [9.17, 15) is 14.0 Å². The first-order valence-electron chi connectivity index (χ1n) is 10.6. The molecule has 7 heteroatoms. The van der Waals surface area contributed by atoms with Crippen LogP contribution in [0.4, 0.5) is 4.39 Å². The Balaban J connectivity index is 1.81. The van der Waals surface area contributed by atoms with Crippen LogP contribution >= 0.6 is 23.4 Å². The molecule has 33 heavy (non-hydrogen) atoms. The van der Waals surface area contributed by atoms with E-state index in [2.05, 4.69) is 5.32 Å². The average Bonchev–Trinajstić information content (AvgIpc) is 2.83. The van der Waals surface area contributed by atoms with Crippen LogP contribution in [0.3, 0.4) is 0 Å². The number of hydrogen-bond donors (Lipinski definition) is 1. The Morgan fingerprint density at radius 3 is 2.30 bits per heavy atom. The molecule has 0 spiro atoms. The van der Waals surface area contributed by atoms with Crippen molar-refractivity contribution in [2.45, 2.75) is 24.8 Å². The molecule has 1 N–H and O–H groups in total. The Kier molecular flexibility index (Phi) is 9.34. The van der Waals surface area contributed by atoms with Crippen molar-refractivity contribution in [2.24, 2.45) is 0 Å². The monoisotopic (exact) mass is 484 g/mol. The molecule has 1 atom stereocenters. The van der Waals surface area contributed by atoms with Crippen LogP contribution in [0.15, 0.2) is 78.9 Å². The van der Waals surface area contributed by atoms with E-state index in [1.54, 1.807) is 25.2 Å². The van der Waals surface area contributed by atoms with Crippen molar-refractivity contribution in [1.29, 1.82) is 0 Å². The lowest BCUT2D eigenvalue weighted by molar-refractivity contribution is -0.139. The number of hydrogen-bond acceptors (Lipinski definition) is 3. The minimum absolute atomic E-state index is 0.0118. The van der Waals surface area contributed by atoms with Gasteiger partial charge in [-0.25, -0.2) is 4.39 Å².